The van der Waals surface area contributed by atoms with Gasteiger partial charge < -0.3 is 9.47 Å². The summed E-state index contributed by atoms with van der Waals surface area (Å²) >= 11 is 0. The lowest BCUT2D eigenvalue weighted by atomic mass is 10.3. The number of benzene rings is 2. The molecule has 2 aromatic rings. The van der Waals surface area contributed by atoms with Crippen LogP contribution in [0.2, 0.25) is 0 Å². The maximum absolute atomic E-state index is 5.44. The predicted octanol–water partition coefficient (Wildman–Crippen LogP) is 3.09. The first-order chi connectivity index (χ1) is 8.88. The van der Waals surface area contributed by atoms with Gasteiger partial charge in [-0.25, -0.2) is 0 Å². The highest BCUT2D eigenvalue weighted by Gasteiger charge is 2.05. The van der Waals surface area contributed by atoms with E-state index in [0.29, 0.717) is 11.5 Å². The summed E-state index contributed by atoms with van der Waals surface area (Å²) in [6.07, 6.45) is 5.16. The standard InChI is InChI=1S/C15H11NO2/c1-2-16-15(17-13-9-5-3-6-10-13)18-14-11-7-4-8-12-14/h1,3-12H. The van der Waals surface area contributed by atoms with Gasteiger partial charge in [-0.3, -0.25) is 0 Å². The molecule has 0 aliphatic heterocycles. The fourth-order valence-electron chi connectivity index (χ4n) is 1.30. The van der Waals surface area contributed by atoms with E-state index in [-0.39, 0.29) is 6.08 Å². The second-order valence-electron chi connectivity index (χ2n) is 3.34. The van der Waals surface area contributed by atoms with Gasteiger partial charge in [0.05, 0.1) is 0 Å². The predicted molar refractivity (Wildman–Crippen MR) is 70.4 cm³/mol. The number of ether oxygens (including phenoxy) is 2. The molecule has 0 aliphatic carbocycles. The van der Waals surface area contributed by atoms with E-state index in [2.05, 4.69) is 11.0 Å². The highest BCUT2D eigenvalue weighted by Crippen LogP contribution is 2.13. The van der Waals surface area contributed by atoms with Gasteiger partial charge in [-0.15, -0.1) is 4.99 Å². The van der Waals surface area contributed by atoms with Crippen LogP contribution >= 0.6 is 0 Å². The number of para-hydroxylation sites is 2. The van der Waals surface area contributed by atoms with Gasteiger partial charge in [-0.1, -0.05) is 42.8 Å². The summed E-state index contributed by atoms with van der Waals surface area (Å²) in [5.41, 5.74) is 0. The summed E-state index contributed by atoms with van der Waals surface area (Å²) in [5, 5.41) is 0. The van der Waals surface area contributed by atoms with Crippen molar-refractivity contribution in [2.75, 3.05) is 0 Å². The van der Waals surface area contributed by atoms with E-state index < -0.39 is 0 Å². The Kier molecular flexibility index (Phi) is 3.99. The van der Waals surface area contributed by atoms with E-state index in [1.165, 1.54) is 0 Å². The topological polar surface area (TPSA) is 30.8 Å². The number of rotatable bonds is 2. The Morgan fingerprint density at radius 2 is 1.28 bits per heavy atom. The first kappa shape index (κ1) is 11.7. The first-order valence-electron chi connectivity index (χ1n) is 5.37. The molecule has 0 amide bonds. The maximum Gasteiger partial charge on any atom is 0.408 e. The summed E-state index contributed by atoms with van der Waals surface area (Å²) in [6, 6.07) is 20.5. The molecule has 88 valence electrons. The average Bonchev–Trinajstić information content (AvgIpc) is 2.41. The molecule has 18 heavy (non-hydrogen) atoms. The van der Waals surface area contributed by atoms with E-state index in [4.69, 9.17) is 15.9 Å². The summed E-state index contributed by atoms with van der Waals surface area (Å²) in [5.74, 6) is 1.23. The minimum absolute atomic E-state index is 0.0231. The molecule has 0 bridgehead atoms. The normalized spacial score (nSPS) is 9.06. The molecule has 2 aromatic carbocycles. The number of aliphatic imine (C=N–C) groups is 1. The summed E-state index contributed by atoms with van der Waals surface area (Å²) in [6.45, 7) is 0. The van der Waals surface area contributed by atoms with Crippen LogP contribution in [0, 0.1) is 12.5 Å². The van der Waals surface area contributed by atoms with Crippen LogP contribution in [0.25, 0.3) is 0 Å². The van der Waals surface area contributed by atoms with E-state index in [9.17, 15) is 0 Å². The van der Waals surface area contributed by atoms with Gasteiger partial charge in [-0.05, 0) is 24.3 Å². The Balaban J connectivity index is 2.11. The van der Waals surface area contributed by atoms with Crippen molar-refractivity contribution in [1.29, 1.82) is 0 Å². The third kappa shape index (κ3) is 3.39. The molecule has 0 heterocycles. The van der Waals surface area contributed by atoms with Crippen molar-refractivity contribution in [1.82, 2.24) is 0 Å². The SMILES string of the molecule is C#CN=C(Oc1ccccc1)Oc1ccccc1. The molecule has 0 aromatic heterocycles. The Morgan fingerprint density at radius 3 is 1.67 bits per heavy atom. The first-order valence-corrected chi connectivity index (χ1v) is 5.37. The van der Waals surface area contributed by atoms with Crippen molar-refractivity contribution >= 4 is 6.08 Å². The number of hydrogen-bond acceptors (Lipinski definition) is 3. The summed E-state index contributed by atoms with van der Waals surface area (Å²) < 4.78 is 10.9. The van der Waals surface area contributed by atoms with E-state index in [1.54, 1.807) is 24.3 Å². The van der Waals surface area contributed by atoms with Crippen LogP contribution in [0.3, 0.4) is 0 Å². The van der Waals surface area contributed by atoms with Gasteiger partial charge in [0.2, 0.25) is 0 Å². The van der Waals surface area contributed by atoms with Crippen LogP contribution in [0.1, 0.15) is 0 Å². The summed E-state index contributed by atoms with van der Waals surface area (Å²) in [4.78, 5) is 3.71. The zero-order chi connectivity index (χ0) is 12.6. The van der Waals surface area contributed by atoms with Gasteiger partial charge in [0.1, 0.15) is 11.5 Å². The third-order valence-corrected chi connectivity index (χ3v) is 2.05. The zero-order valence-corrected chi connectivity index (χ0v) is 9.61. The van der Waals surface area contributed by atoms with Crippen molar-refractivity contribution in [3.8, 4) is 24.0 Å². The lowest BCUT2D eigenvalue weighted by Crippen LogP contribution is -2.16. The van der Waals surface area contributed by atoms with Gasteiger partial charge in [-0.2, -0.15) is 0 Å². The molecule has 0 aliphatic rings. The number of terminal acetylenes is 1. The molecule has 0 saturated heterocycles. The second kappa shape index (κ2) is 6.12. The third-order valence-electron chi connectivity index (χ3n) is 2.05. The minimum Gasteiger partial charge on any atom is -0.410 e. The molecule has 3 heteroatoms. The Hall–Kier alpha value is -2.73. The molecular formula is C15H11NO2. The monoisotopic (exact) mass is 237 g/mol. The summed E-state index contributed by atoms with van der Waals surface area (Å²) in [7, 11) is 0. The molecule has 0 radical (unpaired) electrons. The van der Waals surface area contributed by atoms with Crippen molar-refractivity contribution < 1.29 is 9.47 Å². The fraction of sp³-hybridized carbons (Fsp3) is 0. The second-order valence-corrected chi connectivity index (χ2v) is 3.34. The van der Waals surface area contributed by atoms with Crippen molar-refractivity contribution in [2.45, 2.75) is 0 Å². The molecule has 0 saturated carbocycles. The van der Waals surface area contributed by atoms with Gasteiger partial charge in [0, 0.05) is 6.04 Å². The van der Waals surface area contributed by atoms with Crippen molar-refractivity contribution in [3.63, 3.8) is 0 Å². The smallest absolute Gasteiger partial charge is 0.408 e. The Bertz CT molecular complexity index is 513. The maximum atomic E-state index is 5.44. The van der Waals surface area contributed by atoms with Crippen LogP contribution in [-0.4, -0.2) is 6.08 Å². The van der Waals surface area contributed by atoms with Crippen LogP contribution in [-0.2, 0) is 0 Å². The number of hydrogen-bond donors (Lipinski definition) is 0. The Labute approximate surface area is 106 Å². The van der Waals surface area contributed by atoms with E-state index in [1.807, 2.05) is 36.4 Å². The fourth-order valence-corrected chi connectivity index (χ4v) is 1.30. The van der Waals surface area contributed by atoms with Crippen molar-refractivity contribution in [3.05, 3.63) is 60.7 Å². The average molecular weight is 237 g/mol. The lowest BCUT2D eigenvalue weighted by molar-refractivity contribution is 0.386. The molecular weight excluding hydrogens is 226 g/mol. The van der Waals surface area contributed by atoms with Gasteiger partial charge in [0.15, 0.2) is 0 Å². The van der Waals surface area contributed by atoms with E-state index >= 15 is 0 Å². The van der Waals surface area contributed by atoms with Gasteiger partial charge in [0.25, 0.3) is 0 Å². The van der Waals surface area contributed by atoms with Crippen LogP contribution in [0.15, 0.2) is 65.7 Å². The van der Waals surface area contributed by atoms with Gasteiger partial charge >= 0.3 is 6.08 Å². The van der Waals surface area contributed by atoms with Crippen LogP contribution < -0.4 is 9.47 Å². The Morgan fingerprint density at radius 1 is 0.833 bits per heavy atom. The highest BCUT2D eigenvalue weighted by atomic mass is 16.7. The highest BCUT2D eigenvalue weighted by molar-refractivity contribution is 5.73. The quantitative estimate of drug-likeness (QED) is 0.456. The number of nitrogens with zero attached hydrogens (tertiary/aromatic N) is 1. The van der Waals surface area contributed by atoms with Crippen LogP contribution in [0.4, 0.5) is 0 Å². The molecule has 0 fully saturated rings. The largest absolute Gasteiger partial charge is 0.410 e. The zero-order valence-electron chi connectivity index (χ0n) is 9.61. The molecule has 2 rings (SSSR count). The molecule has 0 atom stereocenters. The molecule has 0 unspecified atom stereocenters. The lowest BCUT2D eigenvalue weighted by Gasteiger charge is -2.08. The van der Waals surface area contributed by atoms with E-state index in [0.717, 1.165) is 0 Å². The molecule has 0 N–H and O–H groups in total. The molecule has 3 nitrogen and oxygen atoms in total. The van der Waals surface area contributed by atoms with Crippen LogP contribution in [0.5, 0.6) is 11.5 Å². The molecule has 0 spiro atoms. The van der Waals surface area contributed by atoms with Crippen molar-refractivity contribution in [2.24, 2.45) is 4.99 Å². The minimum atomic E-state index is 0.0231.